The molecular formula is C15H21NO4S. The number of piperidine rings is 1. The topological polar surface area (TPSA) is 63.7 Å². The molecule has 2 rings (SSSR count). The van der Waals surface area contributed by atoms with E-state index in [-0.39, 0.29) is 23.5 Å². The van der Waals surface area contributed by atoms with Crippen LogP contribution >= 0.6 is 0 Å². The highest BCUT2D eigenvalue weighted by Gasteiger charge is 2.23. The number of hydrogen-bond donors (Lipinski definition) is 0. The first-order valence-electron chi connectivity index (χ1n) is 7.10. The average Bonchev–Trinajstić information content (AvgIpc) is 2.45. The highest BCUT2D eigenvalue weighted by atomic mass is 32.2. The molecule has 0 unspecified atom stereocenters. The Balaban J connectivity index is 1.92. The maximum atomic E-state index is 12.1. The molecule has 0 saturated carbocycles. The van der Waals surface area contributed by atoms with Crippen molar-refractivity contribution in [3.8, 4) is 5.75 Å². The molecule has 1 aliphatic heterocycles. The summed E-state index contributed by atoms with van der Waals surface area (Å²) in [5.41, 5.74) is 0. The van der Waals surface area contributed by atoms with Crippen molar-refractivity contribution in [1.82, 2.24) is 4.90 Å². The van der Waals surface area contributed by atoms with E-state index in [1.54, 1.807) is 12.1 Å². The Labute approximate surface area is 125 Å². The van der Waals surface area contributed by atoms with Crippen molar-refractivity contribution in [2.75, 3.05) is 19.4 Å². The monoisotopic (exact) mass is 311 g/mol. The van der Waals surface area contributed by atoms with Crippen LogP contribution in [0.25, 0.3) is 0 Å². The molecule has 0 bridgehead atoms. The number of benzene rings is 1. The van der Waals surface area contributed by atoms with Crippen LogP contribution in [0.1, 0.15) is 26.2 Å². The van der Waals surface area contributed by atoms with Crippen LogP contribution in [0.4, 0.5) is 0 Å². The molecular weight excluding hydrogens is 290 g/mol. The molecule has 0 aromatic heterocycles. The minimum atomic E-state index is -3.21. The van der Waals surface area contributed by atoms with Gasteiger partial charge in [-0.1, -0.05) is 0 Å². The van der Waals surface area contributed by atoms with E-state index < -0.39 is 9.84 Å². The molecule has 1 amide bonds. The van der Waals surface area contributed by atoms with E-state index in [2.05, 4.69) is 6.92 Å². The van der Waals surface area contributed by atoms with Crippen molar-refractivity contribution in [1.29, 1.82) is 0 Å². The second-order valence-corrected chi connectivity index (χ2v) is 7.48. The van der Waals surface area contributed by atoms with Crippen LogP contribution in [0.2, 0.25) is 0 Å². The van der Waals surface area contributed by atoms with Gasteiger partial charge in [0.05, 0.1) is 4.90 Å². The van der Waals surface area contributed by atoms with Crippen LogP contribution in [-0.4, -0.2) is 44.7 Å². The number of rotatable bonds is 4. The van der Waals surface area contributed by atoms with E-state index in [1.165, 1.54) is 18.6 Å². The zero-order valence-electron chi connectivity index (χ0n) is 12.4. The molecule has 0 aliphatic carbocycles. The summed E-state index contributed by atoms with van der Waals surface area (Å²) in [4.78, 5) is 14.2. The Morgan fingerprint density at radius 3 is 2.52 bits per heavy atom. The van der Waals surface area contributed by atoms with Gasteiger partial charge in [0.1, 0.15) is 5.75 Å². The van der Waals surface area contributed by atoms with Gasteiger partial charge in [0.2, 0.25) is 0 Å². The van der Waals surface area contributed by atoms with Crippen LogP contribution in [0, 0.1) is 0 Å². The zero-order chi connectivity index (χ0) is 15.5. The summed E-state index contributed by atoms with van der Waals surface area (Å²) >= 11 is 0. The number of amides is 1. The molecule has 21 heavy (non-hydrogen) atoms. The first-order valence-corrected chi connectivity index (χ1v) is 8.99. The molecule has 1 saturated heterocycles. The Morgan fingerprint density at radius 1 is 1.29 bits per heavy atom. The summed E-state index contributed by atoms with van der Waals surface area (Å²) in [6, 6.07) is 6.38. The van der Waals surface area contributed by atoms with E-state index in [0.717, 1.165) is 25.6 Å². The fourth-order valence-electron chi connectivity index (χ4n) is 2.48. The van der Waals surface area contributed by atoms with Crippen molar-refractivity contribution >= 4 is 15.7 Å². The van der Waals surface area contributed by atoms with E-state index >= 15 is 0 Å². The van der Waals surface area contributed by atoms with Crippen molar-refractivity contribution in [2.45, 2.75) is 37.1 Å². The van der Waals surface area contributed by atoms with Crippen LogP contribution < -0.4 is 4.74 Å². The van der Waals surface area contributed by atoms with Gasteiger partial charge >= 0.3 is 0 Å². The molecule has 1 fully saturated rings. The fourth-order valence-corrected chi connectivity index (χ4v) is 3.11. The molecule has 1 aliphatic rings. The molecule has 0 spiro atoms. The first-order chi connectivity index (χ1) is 9.88. The Morgan fingerprint density at radius 2 is 1.95 bits per heavy atom. The van der Waals surface area contributed by atoms with Crippen molar-refractivity contribution in [2.24, 2.45) is 0 Å². The minimum absolute atomic E-state index is 0.0113. The first kappa shape index (κ1) is 15.8. The molecule has 1 heterocycles. The van der Waals surface area contributed by atoms with Crippen molar-refractivity contribution in [3.05, 3.63) is 24.3 Å². The molecule has 6 heteroatoms. The van der Waals surface area contributed by atoms with Gasteiger partial charge in [-0.25, -0.2) is 8.42 Å². The predicted molar refractivity (Wildman–Crippen MR) is 80.1 cm³/mol. The fraction of sp³-hybridized carbons (Fsp3) is 0.533. The SMILES string of the molecule is C[C@H]1CCCCN1C(=O)COc1ccc(S(C)(=O)=O)cc1. The number of sulfone groups is 1. The van der Waals surface area contributed by atoms with Gasteiger partial charge < -0.3 is 9.64 Å². The van der Waals surface area contributed by atoms with Crippen molar-refractivity contribution in [3.63, 3.8) is 0 Å². The molecule has 0 N–H and O–H groups in total. The Bertz CT molecular complexity index is 595. The standard InChI is InChI=1S/C15H21NO4S/c1-12-5-3-4-10-16(12)15(17)11-20-13-6-8-14(9-7-13)21(2,18)19/h6-9,12H,3-5,10-11H2,1-2H3/t12-/m0/s1. The summed E-state index contributed by atoms with van der Waals surface area (Å²) in [6.07, 6.45) is 4.40. The van der Waals surface area contributed by atoms with Gasteiger partial charge in [0.15, 0.2) is 16.4 Å². The van der Waals surface area contributed by atoms with Gasteiger partial charge in [0, 0.05) is 18.8 Å². The maximum absolute atomic E-state index is 12.1. The summed E-state index contributed by atoms with van der Waals surface area (Å²) in [5.74, 6) is 0.481. The lowest BCUT2D eigenvalue weighted by molar-refractivity contribution is -0.136. The largest absolute Gasteiger partial charge is 0.484 e. The quantitative estimate of drug-likeness (QED) is 0.851. The molecule has 1 atom stereocenters. The number of carbonyl (C=O) groups is 1. The molecule has 1 aromatic carbocycles. The van der Waals surface area contributed by atoms with Gasteiger partial charge in [-0.05, 0) is 50.5 Å². The highest BCUT2D eigenvalue weighted by molar-refractivity contribution is 7.90. The summed E-state index contributed by atoms with van der Waals surface area (Å²) < 4.78 is 28.2. The van der Waals surface area contributed by atoms with Crippen LogP contribution in [0.5, 0.6) is 5.75 Å². The summed E-state index contributed by atoms with van der Waals surface area (Å²) in [6.45, 7) is 2.83. The van der Waals surface area contributed by atoms with Crippen LogP contribution in [-0.2, 0) is 14.6 Å². The number of likely N-dealkylation sites (tertiary alicyclic amines) is 1. The van der Waals surface area contributed by atoms with E-state index in [0.29, 0.717) is 5.75 Å². The zero-order valence-corrected chi connectivity index (χ0v) is 13.2. The molecule has 116 valence electrons. The maximum Gasteiger partial charge on any atom is 0.260 e. The minimum Gasteiger partial charge on any atom is -0.484 e. The number of carbonyl (C=O) groups excluding carboxylic acids is 1. The van der Waals surface area contributed by atoms with E-state index in [4.69, 9.17) is 4.74 Å². The van der Waals surface area contributed by atoms with Gasteiger partial charge in [-0.3, -0.25) is 4.79 Å². The number of nitrogens with zero attached hydrogens (tertiary/aromatic N) is 1. The second kappa shape index (κ2) is 6.47. The lowest BCUT2D eigenvalue weighted by atomic mass is 10.0. The van der Waals surface area contributed by atoms with Crippen LogP contribution in [0.3, 0.4) is 0 Å². The predicted octanol–water partition coefficient (Wildman–Crippen LogP) is 1.87. The third-order valence-electron chi connectivity index (χ3n) is 3.74. The molecule has 5 nitrogen and oxygen atoms in total. The smallest absolute Gasteiger partial charge is 0.260 e. The van der Waals surface area contributed by atoms with Gasteiger partial charge in [-0.2, -0.15) is 0 Å². The second-order valence-electron chi connectivity index (χ2n) is 5.46. The normalized spacial score (nSPS) is 19.3. The molecule has 1 aromatic rings. The summed E-state index contributed by atoms with van der Waals surface area (Å²) in [5, 5.41) is 0. The lowest BCUT2D eigenvalue weighted by Crippen LogP contribution is -2.44. The van der Waals surface area contributed by atoms with E-state index in [1.807, 2.05) is 4.90 Å². The summed E-state index contributed by atoms with van der Waals surface area (Å²) in [7, 11) is -3.21. The third kappa shape index (κ3) is 4.20. The van der Waals surface area contributed by atoms with Gasteiger partial charge in [0.25, 0.3) is 5.91 Å². The molecule has 0 radical (unpaired) electrons. The van der Waals surface area contributed by atoms with Gasteiger partial charge in [-0.15, -0.1) is 0 Å². The number of ether oxygens (including phenoxy) is 1. The van der Waals surface area contributed by atoms with Crippen LogP contribution in [0.15, 0.2) is 29.2 Å². The van der Waals surface area contributed by atoms with E-state index in [9.17, 15) is 13.2 Å². The third-order valence-corrected chi connectivity index (χ3v) is 4.87. The van der Waals surface area contributed by atoms with Crippen molar-refractivity contribution < 1.29 is 17.9 Å². The Hall–Kier alpha value is -1.56. The Kier molecular flexibility index (Phi) is 4.88. The highest BCUT2D eigenvalue weighted by Crippen LogP contribution is 2.18. The lowest BCUT2D eigenvalue weighted by Gasteiger charge is -2.33. The average molecular weight is 311 g/mol. The number of hydrogen-bond acceptors (Lipinski definition) is 4.